The van der Waals surface area contributed by atoms with Crippen LogP contribution in [0.15, 0.2) is 30.5 Å². The molecule has 3 rings (SSSR count). The van der Waals surface area contributed by atoms with Crippen LogP contribution in [0.2, 0.25) is 0 Å². The highest BCUT2D eigenvalue weighted by atomic mass is 16.5. The number of carbonyl (C=O) groups is 1. The van der Waals surface area contributed by atoms with Gasteiger partial charge in [0, 0.05) is 29.7 Å². The lowest BCUT2D eigenvalue weighted by Gasteiger charge is -2.27. The lowest BCUT2D eigenvalue weighted by Crippen LogP contribution is -2.41. The molecule has 0 radical (unpaired) electrons. The molecule has 1 aliphatic rings. The van der Waals surface area contributed by atoms with Crippen LogP contribution in [0, 0.1) is 0 Å². The van der Waals surface area contributed by atoms with Gasteiger partial charge < -0.3 is 15.0 Å². The van der Waals surface area contributed by atoms with E-state index in [1.54, 1.807) is 6.20 Å². The summed E-state index contributed by atoms with van der Waals surface area (Å²) in [5.74, 6) is -0.00319. The first-order chi connectivity index (χ1) is 9.24. The molecule has 0 spiro atoms. The number of rotatable bonds is 2. The van der Waals surface area contributed by atoms with E-state index >= 15 is 0 Å². The zero-order valence-electron chi connectivity index (χ0n) is 11.0. The average Bonchev–Trinajstić information content (AvgIpc) is 2.82. The number of benzene rings is 1. The topological polar surface area (TPSA) is 54.1 Å². The van der Waals surface area contributed by atoms with E-state index in [1.165, 1.54) is 0 Å². The van der Waals surface area contributed by atoms with Crippen LogP contribution in [-0.4, -0.2) is 29.6 Å². The van der Waals surface area contributed by atoms with E-state index in [0.29, 0.717) is 0 Å². The third kappa shape index (κ3) is 2.49. The Morgan fingerprint density at radius 1 is 1.42 bits per heavy atom. The fraction of sp³-hybridized carbons (Fsp3) is 0.400. The zero-order valence-corrected chi connectivity index (χ0v) is 11.0. The number of ether oxygens (including phenoxy) is 1. The number of hydrogen-bond donors (Lipinski definition) is 2. The Bertz CT molecular complexity index is 591. The average molecular weight is 258 g/mol. The van der Waals surface area contributed by atoms with Crippen molar-refractivity contribution < 1.29 is 9.53 Å². The minimum Gasteiger partial charge on any atom is -0.378 e. The summed E-state index contributed by atoms with van der Waals surface area (Å²) in [5.41, 5.74) is 1.71. The molecule has 19 heavy (non-hydrogen) atoms. The van der Waals surface area contributed by atoms with E-state index in [2.05, 4.69) is 10.3 Å². The summed E-state index contributed by atoms with van der Waals surface area (Å²) in [4.78, 5) is 15.5. The fourth-order valence-electron chi connectivity index (χ4n) is 2.65. The number of aromatic nitrogens is 1. The molecular weight excluding hydrogens is 240 g/mol. The molecule has 4 nitrogen and oxygen atoms in total. The van der Waals surface area contributed by atoms with Gasteiger partial charge in [-0.3, -0.25) is 4.79 Å². The number of amides is 1. The molecule has 2 atom stereocenters. The van der Waals surface area contributed by atoms with E-state index in [0.717, 1.165) is 35.9 Å². The molecule has 0 bridgehead atoms. The van der Waals surface area contributed by atoms with Crippen molar-refractivity contribution in [1.29, 1.82) is 0 Å². The van der Waals surface area contributed by atoms with Crippen molar-refractivity contribution in [3.63, 3.8) is 0 Å². The Balaban J connectivity index is 1.76. The molecule has 2 heterocycles. The van der Waals surface area contributed by atoms with Gasteiger partial charge in [0.2, 0.25) is 0 Å². The third-order valence-corrected chi connectivity index (χ3v) is 3.65. The molecule has 1 fully saturated rings. The van der Waals surface area contributed by atoms with Crippen molar-refractivity contribution in [3.8, 4) is 0 Å². The van der Waals surface area contributed by atoms with Crippen LogP contribution in [-0.2, 0) is 4.74 Å². The molecule has 4 heteroatoms. The molecule has 2 N–H and O–H groups in total. The molecule has 0 saturated carbocycles. The van der Waals surface area contributed by atoms with E-state index in [4.69, 9.17) is 4.74 Å². The van der Waals surface area contributed by atoms with E-state index in [9.17, 15) is 4.79 Å². The summed E-state index contributed by atoms with van der Waals surface area (Å²) in [7, 11) is 0. The Morgan fingerprint density at radius 3 is 3.11 bits per heavy atom. The van der Waals surface area contributed by atoms with E-state index in [-0.39, 0.29) is 18.1 Å². The van der Waals surface area contributed by atoms with Gasteiger partial charge >= 0.3 is 0 Å². The normalized spacial score (nSPS) is 23.4. The second-order valence-corrected chi connectivity index (χ2v) is 5.12. The van der Waals surface area contributed by atoms with Crippen LogP contribution >= 0.6 is 0 Å². The van der Waals surface area contributed by atoms with Crippen molar-refractivity contribution in [2.45, 2.75) is 31.9 Å². The van der Waals surface area contributed by atoms with Crippen LogP contribution in [0.25, 0.3) is 10.9 Å². The Morgan fingerprint density at radius 2 is 2.26 bits per heavy atom. The van der Waals surface area contributed by atoms with E-state index < -0.39 is 0 Å². The number of carbonyl (C=O) groups excluding carboxylic acids is 1. The maximum atomic E-state index is 12.3. The molecule has 100 valence electrons. The number of hydrogen-bond acceptors (Lipinski definition) is 2. The molecular formula is C15H18N2O2. The second kappa shape index (κ2) is 5.05. The van der Waals surface area contributed by atoms with Crippen LogP contribution in [0.1, 0.15) is 30.1 Å². The van der Waals surface area contributed by atoms with Gasteiger partial charge in [-0.15, -0.1) is 0 Å². The predicted molar refractivity (Wildman–Crippen MR) is 74.2 cm³/mol. The van der Waals surface area contributed by atoms with Crippen LogP contribution in [0.4, 0.5) is 0 Å². The molecule has 2 unspecified atom stereocenters. The summed E-state index contributed by atoms with van der Waals surface area (Å²) in [6, 6.07) is 8.06. The fourth-order valence-corrected chi connectivity index (χ4v) is 2.65. The second-order valence-electron chi connectivity index (χ2n) is 5.12. The Kier molecular flexibility index (Phi) is 3.25. The summed E-state index contributed by atoms with van der Waals surface area (Å²) in [5, 5.41) is 4.08. The predicted octanol–water partition coefficient (Wildman–Crippen LogP) is 2.47. The van der Waals surface area contributed by atoms with Crippen LogP contribution in [0.5, 0.6) is 0 Å². The number of fused-ring (bicyclic) bond motifs is 1. The smallest absolute Gasteiger partial charge is 0.253 e. The molecule has 1 amide bonds. The molecule has 1 saturated heterocycles. The lowest BCUT2D eigenvalue weighted by molar-refractivity contribution is 0.0137. The number of aromatic amines is 1. The highest BCUT2D eigenvalue weighted by Crippen LogP contribution is 2.19. The van der Waals surface area contributed by atoms with Crippen LogP contribution in [0.3, 0.4) is 0 Å². The van der Waals surface area contributed by atoms with Gasteiger partial charge in [-0.25, -0.2) is 0 Å². The number of H-pyrrole nitrogens is 1. The third-order valence-electron chi connectivity index (χ3n) is 3.65. The van der Waals surface area contributed by atoms with Gasteiger partial charge in [-0.05, 0) is 25.8 Å². The Hall–Kier alpha value is -1.81. The summed E-state index contributed by atoms with van der Waals surface area (Å²) >= 11 is 0. The van der Waals surface area contributed by atoms with Gasteiger partial charge in [-0.2, -0.15) is 0 Å². The van der Waals surface area contributed by atoms with Crippen molar-refractivity contribution in [3.05, 3.63) is 36.0 Å². The highest BCUT2D eigenvalue weighted by Gasteiger charge is 2.22. The highest BCUT2D eigenvalue weighted by molar-refractivity contribution is 6.06. The van der Waals surface area contributed by atoms with Gasteiger partial charge in [0.05, 0.1) is 11.7 Å². The quantitative estimate of drug-likeness (QED) is 0.869. The van der Waals surface area contributed by atoms with E-state index in [1.807, 2.05) is 31.2 Å². The first kappa shape index (κ1) is 12.2. The van der Waals surface area contributed by atoms with Crippen molar-refractivity contribution in [2.24, 2.45) is 0 Å². The first-order valence-corrected chi connectivity index (χ1v) is 6.72. The largest absolute Gasteiger partial charge is 0.378 e. The minimum atomic E-state index is -0.00319. The SMILES string of the molecule is CC1CC(NC(=O)c2c[nH]c3ccccc23)CCO1. The molecule has 1 aliphatic heterocycles. The van der Waals surface area contributed by atoms with Gasteiger partial charge in [0.1, 0.15) is 0 Å². The van der Waals surface area contributed by atoms with Crippen LogP contribution < -0.4 is 5.32 Å². The Labute approximate surface area is 112 Å². The summed E-state index contributed by atoms with van der Waals surface area (Å²) < 4.78 is 5.49. The van der Waals surface area contributed by atoms with Gasteiger partial charge in [0.25, 0.3) is 5.91 Å². The van der Waals surface area contributed by atoms with Gasteiger partial charge in [-0.1, -0.05) is 18.2 Å². The molecule has 2 aromatic rings. The standard InChI is InChI=1S/C15H18N2O2/c1-10-8-11(6-7-19-10)17-15(18)13-9-16-14-5-3-2-4-12(13)14/h2-5,9-11,16H,6-8H2,1H3,(H,17,18). The molecule has 0 aliphatic carbocycles. The maximum Gasteiger partial charge on any atom is 0.253 e. The number of nitrogens with one attached hydrogen (secondary N) is 2. The summed E-state index contributed by atoms with van der Waals surface area (Å²) in [6.07, 6.45) is 3.77. The van der Waals surface area contributed by atoms with Gasteiger partial charge in [0.15, 0.2) is 0 Å². The monoisotopic (exact) mass is 258 g/mol. The maximum absolute atomic E-state index is 12.3. The lowest BCUT2D eigenvalue weighted by atomic mass is 10.0. The van der Waals surface area contributed by atoms with Crippen molar-refractivity contribution in [2.75, 3.05) is 6.61 Å². The first-order valence-electron chi connectivity index (χ1n) is 6.72. The molecule has 1 aromatic heterocycles. The van der Waals surface area contributed by atoms with Crippen molar-refractivity contribution >= 4 is 16.8 Å². The number of para-hydroxylation sites is 1. The van der Waals surface area contributed by atoms with Crippen molar-refractivity contribution in [1.82, 2.24) is 10.3 Å². The molecule has 1 aromatic carbocycles. The minimum absolute atomic E-state index is 0.00319. The summed E-state index contributed by atoms with van der Waals surface area (Å²) in [6.45, 7) is 2.77. The zero-order chi connectivity index (χ0) is 13.2.